The van der Waals surface area contributed by atoms with Gasteiger partial charge in [0.2, 0.25) is 0 Å². The second kappa shape index (κ2) is 7.53. The number of nitrogens with zero attached hydrogens (tertiary/aromatic N) is 3. The molecular formula is C15H21N3O4. The van der Waals surface area contributed by atoms with Gasteiger partial charge in [0.15, 0.2) is 0 Å². The highest BCUT2D eigenvalue weighted by molar-refractivity contribution is 5.88. The number of hydrogen-bond donors (Lipinski definition) is 0. The summed E-state index contributed by atoms with van der Waals surface area (Å²) in [6.45, 7) is 5.60. The normalized spacial score (nSPS) is 13.5. The van der Waals surface area contributed by atoms with Crippen LogP contribution in [-0.4, -0.2) is 43.2 Å². The molecule has 7 nitrogen and oxygen atoms in total. The first-order chi connectivity index (χ1) is 10.3. The third kappa shape index (κ3) is 5.51. The molecule has 0 bridgehead atoms. The van der Waals surface area contributed by atoms with E-state index < -0.39 is 11.0 Å². The van der Waals surface area contributed by atoms with Crippen LogP contribution < -0.4 is 9.47 Å². The minimum atomic E-state index is -1.09. The van der Waals surface area contributed by atoms with Crippen molar-refractivity contribution < 1.29 is 14.4 Å². The van der Waals surface area contributed by atoms with Gasteiger partial charge in [0.05, 0.1) is 32.2 Å². The topological polar surface area (TPSA) is 86.3 Å². The van der Waals surface area contributed by atoms with E-state index in [2.05, 4.69) is 9.98 Å². The Hall–Kier alpha value is -2.44. The Morgan fingerprint density at radius 2 is 1.91 bits per heavy atom. The molecule has 0 unspecified atom stereocenters. The van der Waals surface area contributed by atoms with Crippen molar-refractivity contribution in [3.05, 3.63) is 28.3 Å². The highest BCUT2D eigenvalue weighted by Crippen LogP contribution is 2.31. The summed E-state index contributed by atoms with van der Waals surface area (Å²) in [4.78, 5) is 18.9. The molecule has 120 valence electrons. The van der Waals surface area contributed by atoms with E-state index in [4.69, 9.17) is 9.47 Å². The van der Waals surface area contributed by atoms with Gasteiger partial charge in [-0.1, -0.05) is 0 Å². The molecule has 1 aromatic carbocycles. The maximum atomic E-state index is 11.1. The van der Waals surface area contributed by atoms with Gasteiger partial charge in [0.1, 0.15) is 17.2 Å². The lowest BCUT2D eigenvalue weighted by atomic mass is 10.1. The van der Waals surface area contributed by atoms with Crippen molar-refractivity contribution in [2.45, 2.75) is 32.4 Å². The second-order valence-corrected chi connectivity index (χ2v) is 5.54. The molecule has 7 heteroatoms. The summed E-state index contributed by atoms with van der Waals surface area (Å²) in [5.41, 5.74) is 0.110. The van der Waals surface area contributed by atoms with Crippen LogP contribution in [0.4, 0.5) is 5.69 Å². The van der Waals surface area contributed by atoms with Crippen molar-refractivity contribution in [2.24, 2.45) is 9.98 Å². The van der Waals surface area contributed by atoms with Crippen LogP contribution in [0.1, 0.15) is 20.8 Å². The first-order valence-electron chi connectivity index (χ1n) is 6.72. The number of nitro groups is 1. The van der Waals surface area contributed by atoms with E-state index in [0.29, 0.717) is 17.2 Å². The van der Waals surface area contributed by atoms with Crippen LogP contribution in [0, 0.1) is 10.1 Å². The smallest absolute Gasteiger partial charge is 0.282 e. The van der Waals surface area contributed by atoms with Crippen molar-refractivity contribution in [1.82, 2.24) is 0 Å². The lowest BCUT2D eigenvalue weighted by Crippen LogP contribution is -2.24. The number of ether oxygens (including phenoxy) is 2. The number of benzene rings is 1. The minimum absolute atomic E-state index is 0.375. The summed E-state index contributed by atoms with van der Waals surface area (Å²) in [6.07, 6.45) is 2.53. The zero-order chi connectivity index (χ0) is 16.8. The third-order valence-electron chi connectivity index (χ3n) is 2.61. The number of aliphatic imine (C=N–C) groups is 2. The minimum Gasteiger partial charge on any atom is -0.497 e. The van der Waals surface area contributed by atoms with E-state index in [-0.39, 0.29) is 5.54 Å². The van der Waals surface area contributed by atoms with Gasteiger partial charge in [-0.05, 0) is 32.9 Å². The predicted molar refractivity (Wildman–Crippen MR) is 86.7 cm³/mol. The molecule has 22 heavy (non-hydrogen) atoms. The molecule has 0 aliphatic heterocycles. The summed E-state index contributed by atoms with van der Waals surface area (Å²) < 4.78 is 10.3. The molecule has 0 N–H and O–H groups in total. The van der Waals surface area contributed by atoms with Crippen molar-refractivity contribution in [3.63, 3.8) is 0 Å². The van der Waals surface area contributed by atoms with Crippen molar-refractivity contribution in [1.29, 1.82) is 0 Å². The van der Waals surface area contributed by atoms with Crippen LogP contribution in [0.2, 0.25) is 0 Å². The molecule has 0 saturated heterocycles. The molecule has 0 saturated carbocycles. The summed E-state index contributed by atoms with van der Waals surface area (Å²) in [6, 6.07) is 3.95. The van der Waals surface area contributed by atoms with Crippen LogP contribution in [0.15, 0.2) is 28.2 Å². The average molecular weight is 307 g/mol. The van der Waals surface area contributed by atoms with Crippen molar-refractivity contribution in [3.8, 4) is 11.5 Å². The van der Waals surface area contributed by atoms with Crippen molar-refractivity contribution in [2.75, 3.05) is 14.2 Å². The van der Waals surface area contributed by atoms with E-state index >= 15 is 0 Å². The first kappa shape index (κ1) is 17.6. The van der Waals surface area contributed by atoms with Gasteiger partial charge in [-0.3, -0.25) is 15.1 Å². The van der Waals surface area contributed by atoms with Gasteiger partial charge >= 0.3 is 0 Å². The molecule has 0 heterocycles. The van der Waals surface area contributed by atoms with Gasteiger partial charge in [-0.25, -0.2) is 4.99 Å². The van der Waals surface area contributed by atoms with Gasteiger partial charge in [-0.2, -0.15) is 0 Å². The maximum absolute atomic E-state index is 11.1. The summed E-state index contributed by atoms with van der Waals surface area (Å²) >= 11 is 0. The highest BCUT2D eigenvalue weighted by atomic mass is 16.6. The SMILES string of the molecule is COc1ccc(N=C[C@H](C=NC(C)(C)C)[N+](=O)[O-])c(OC)c1. The lowest BCUT2D eigenvalue weighted by Gasteiger charge is -2.11. The Labute approximate surface area is 129 Å². The fourth-order valence-electron chi connectivity index (χ4n) is 1.50. The largest absolute Gasteiger partial charge is 0.497 e. The second-order valence-electron chi connectivity index (χ2n) is 5.54. The monoisotopic (exact) mass is 307 g/mol. The highest BCUT2D eigenvalue weighted by Gasteiger charge is 2.16. The van der Waals surface area contributed by atoms with Gasteiger partial charge in [0.25, 0.3) is 6.04 Å². The molecule has 0 aliphatic carbocycles. The fourth-order valence-corrected chi connectivity index (χ4v) is 1.50. The Morgan fingerprint density at radius 1 is 1.23 bits per heavy atom. The molecule has 1 aromatic rings. The Balaban J connectivity index is 3.01. The average Bonchev–Trinajstić information content (AvgIpc) is 2.45. The Kier molecular flexibility index (Phi) is 6.03. The molecule has 0 aliphatic rings. The first-order valence-corrected chi connectivity index (χ1v) is 6.72. The fraction of sp³-hybridized carbons (Fsp3) is 0.467. The van der Waals surface area contributed by atoms with Gasteiger partial charge in [-0.15, -0.1) is 0 Å². The summed E-state index contributed by atoms with van der Waals surface area (Å²) in [7, 11) is 3.04. The zero-order valence-corrected chi connectivity index (χ0v) is 13.4. The summed E-state index contributed by atoms with van der Waals surface area (Å²) in [5.74, 6) is 1.10. The van der Waals surface area contributed by atoms with Crippen molar-refractivity contribution >= 4 is 18.1 Å². The molecule has 0 amide bonds. The van der Waals surface area contributed by atoms with Gasteiger partial charge < -0.3 is 9.47 Å². The van der Waals surface area contributed by atoms with Gasteiger partial charge in [0, 0.05) is 11.0 Å². The molecule has 0 radical (unpaired) electrons. The quantitative estimate of drug-likeness (QED) is 0.459. The van der Waals surface area contributed by atoms with Crippen LogP contribution in [0.25, 0.3) is 0 Å². The molecule has 1 rings (SSSR count). The molecule has 1 atom stereocenters. The lowest BCUT2D eigenvalue weighted by molar-refractivity contribution is -0.482. The van der Waals surface area contributed by atoms with Crippen LogP contribution in [0.5, 0.6) is 11.5 Å². The molecular weight excluding hydrogens is 286 g/mol. The zero-order valence-electron chi connectivity index (χ0n) is 13.4. The molecule has 0 fully saturated rings. The number of methoxy groups -OCH3 is 2. The van der Waals surface area contributed by atoms with E-state index in [1.54, 1.807) is 25.3 Å². The molecule has 0 spiro atoms. The van der Waals surface area contributed by atoms with Crippen LogP contribution >= 0.6 is 0 Å². The maximum Gasteiger partial charge on any atom is 0.282 e. The van der Waals surface area contributed by atoms with E-state index in [0.717, 1.165) is 0 Å². The Bertz CT molecular complexity index is 577. The summed E-state index contributed by atoms with van der Waals surface area (Å²) in [5, 5.41) is 11.1. The number of rotatable bonds is 6. The Morgan fingerprint density at radius 3 is 2.41 bits per heavy atom. The van der Waals surface area contributed by atoms with E-state index in [1.165, 1.54) is 19.5 Å². The van der Waals surface area contributed by atoms with Crippen LogP contribution in [-0.2, 0) is 0 Å². The molecule has 0 aromatic heterocycles. The van der Waals surface area contributed by atoms with E-state index in [1.807, 2.05) is 20.8 Å². The number of hydrogen-bond acceptors (Lipinski definition) is 6. The van der Waals surface area contributed by atoms with E-state index in [9.17, 15) is 10.1 Å². The third-order valence-corrected chi connectivity index (χ3v) is 2.61. The van der Waals surface area contributed by atoms with Crippen LogP contribution in [0.3, 0.4) is 0 Å². The standard InChI is InChI=1S/C15H21N3O4/c1-15(2,3)17-10-11(18(19)20)9-16-13-7-6-12(21-4)8-14(13)22-5/h6-11H,1-5H3/t11-/m1/s1. The predicted octanol–water partition coefficient (Wildman–Crippen LogP) is 2.92.